The number of ether oxygens (including phenoxy) is 1. The largest absolute Gasteiger partial charge is 0.389 e. The molecular formula is C9H18N2O3. The molecule has 5 heteroatoms. The Kier molecular flexibility index (Phi) is 4.31. The maximum atomic E-state index is 11.2. The van der Waals surface area contributed by atoms with Crippen molar-refractivity contribution in [3.05, 3.63) is 0 Å². The highest BCUT2D eigenvalue weighted by atomic mass is 16.5. The van der Waals surface area contributed by atoms with Crippen LogP contribution >= 0.6 is 0 Å². The predicted molar refractivity (Wildman–Crippen MR) is 51.9 cm³/mol. The maximum Gasteiger partial charge on any atom is 0.223 e. The first-order valence-electron chi connectivity index (χ1n) is 4.80. The van der Waals surface area contributed by atoms with Crippen LogP contribution in [0, 0.1) is 0 Å². The standard InChI is InChI=1S/C9H18N2O3/c1-11(2)9(13)3-4-10-7-5-14-6-8(7)12/h7-8,10,12H,3-6H2,1-2H3. The van der Waals surface area contributed by atoms with Crippen LogP contribution in [0.3, 0.4) is 0 Å². The molecule has 0 aliphatic carbocycles. The van der Waals surface area contributed by atoms with Gasteiger partial charge in [-0.1, -0.05) is 0 Å². The van der Waals surface area contributed by atoms with Gasteiger partial charge in [0.15, 0.2) is 0 Å². The van der Waals surface area contributed by atoms with Crippen molar-refractivity contribution < 1.29 is 14.6 Å². The summed E-state index contributed by atoms with van der Waals surface area (Å²) in [5.41, 5.74) is 0. The van der Waals surface area contributed by atoms with E-state index in [1.54, 1.807) is 19.0 Å². The lowest BCUT2D eigenvalue weighted by Crippen LogP contribution is -2.40. The van der Waals surface area contributed by atoms with Crippen LogP contribution in [-0.4, -0.2) is 61.9 Å². The third kappa shape index (κ3) is 3.25. The second kappa shape index (κ2) is 5.29. The third-order valence-electron chi connectivity index (χ3n) is 2.29. The van der Waals surface area contributed by atoms with E-state index in [4.69, 9.17) is 4.74 Å². The Balaban J connectivity index is 2.12. The van der Waals surface area contributed by atoms with Gasteiger partial charge < -0.3 is 20.1 Å². The summed E-state index contributed by atoms with van der Waals surface area (Å²) < 4.78 is 5.07. The van der Waals surface area contributed by atoms with E-state index in [0.717, 1.165) is 0 Å². The van der Waals surface area contributed by atoms with Crippen LogP contribution in [0.25, 0.3) is 0 Å². The summed E-state index contributed by atoms with van der Waals surface area (Å²) in [7, 11) is 3.46. The lowest BCUT2D eigenvalue weighted by molar-refractivity contribution is -0.128. The molecule has 5 nitrogen and oxygen atoms in total. The Morgan fingerprint density at radius 1 is 1.57 bits per heavy atom. The fourth-order valence-corrected chi connectivity index (χ4v) is 1.33. The first-order valence-corrected chi connectivity index (χ1v) is 4.80. The lowest BCUT2D eigenvalue weighted by atomic mass is 10.2. The van der Waals surface area contributed by atoms with Crippen molar-refractivity contribution in [2.75, 3.05) is 33.9 Å². The molecule has 0 aromatic heterocycles. The number of nitrogens with zero attached hydrogens (tertiary/aromatic N) is 1. The first kappa shape index (κ1) is 11.4. The van der Waals surface area contributed by atoms with E-state index in [1.165, 1.54) is 0 Å². The molecule has 82 valence electrons. The van der Waals surface area contributed by atoms with Gasteiger partial charge in [-0.3, -0.25) is 4.79 Å². The molecule has 1 fully saturated rings. The van der Waals surface area contributed by atoms with Gasteiger partial charge in [-0.2, -0.15) is 0 Å². The summed E-state index contributed by atoms with van der Waals surface area (Å²) in [4.78, 5) is 12.7. The zero-order valence-electron chi connectivity index (χ0n) is 8.69. The molecule has 0 aromatic carbocycles. The van der Waals surface area contributed by atoms with Gasteiger partial charge in [0.05, 0.1) is 25.4 Å². The lowest BCUT2D eigenvalue weighted by Gasteiger charge is -2.15. The van der Waals surface area contributed by atoms with Crippen molar-refractivity contribution in [3.63, 3.8) is 0 Å². The van der Waals surface area contributed by atoms with Crippen molar-refractivity contribution in [3.8, 4) is 0 Å². The number of hydrogen-bond acceptors (Lipinski definition) is 4. The van der Waals surface area contributed by atoms with E-state index in [1.807, 2.05) is 0 Å². The first-order chi connectivity index (χ1) is 6.61. The van der Waals surface area contributed by atoms with Gasteiger partial charge in [0.25, 0.3) is 0 Å². The van der Waals surface area contributed by atoms with Crippen LogP contribution in [0.1, 0.15) is 6.42 Å². The molecule has 2 unspecified atom stereocenters. The molecule has 1 aliphatic heterocycles. The van der Waals surface area contributed by atoms with Crippen LogP contribution in [0.15, 0.2) is 0 Å². The highest BCUT2D eigenvalue weighted by Gasteiger charge is 2.25. The van der Waals surface area contributed by atoms with Gasteiger partial charge in [0, 0.05) is 27.1 Å². The topological polar surface area (TPSA) is 61.8 Å². The molecule has 2 N–H and O–H groups in total. The molecule has 0 radical (unpaired) electrons. The maximum absolute atomic E-state index is 11.2. The summed E-state index contributed by atoms with van der Waals surface area (Å²) in [6.45, 7) is 1.50. The molecule has 0 saturated carbocycles. The van der Waals surface area contributed by atoms with Gasteiger partial charge in [-0.05, 0) is 0 Å². The zero-order chi connectivity index (χ0) is 10.6. The molecule has 1 amide bonds. The highest BCUT2D eigenvalue weighted by Crippen LogP contribution is 2.04. The van der Waals surface area contributed by atoms with Crippen LogP contribution < -0.4 is 5.32 Å². The summed E-state index contributed by atoms with van der Waals surface area (Å²) in [6, 6.07) is -0.0232. The van der Waals surface area contributed by atoms with Crippen molar-refractivity contribution >= 4 is 5.91 Å². The molecule has 0 aromatic rings. The van der Waals surface area contributed by atoms with Gasteiger partial charge in [-0.15, -0.1) is 0 Å². The second-order valence-corrected chi connectivity index (χ2v) is 3.70. The van der Waals surface area contributed by atoms with E-state index in [0.29, 0.717) is 26.2 Å². The SMILES string of the molecule is CN(C)C(=O)CCNC1COCC1O. The molecule has 1 heterocycles. The number of aliphatic hydroxyl groups is 1. The molecule has 2 atom stereocenters. The number of amides is 1. The molecule has 0 bridgehead atoms. The highest BCUT2D eigenvalue weighted by molar-refractivity contribution is 5.75. The Hall–Kier alpha value is -0.650. The predicted octanol–water partition coefficient (Wildman–Crippen LogP) is -1.19. The average Bonchev–Trinajstić information content (AvgIpc) is 2.51. The average molecular weight is 202 g/mol. The molecular weight excluding hydrogens is 184 g/mol. The van der Waals surface area contributed by atoms with Gasteiger partial charge in [0.2, 0.25) is 5.91 Å². The fraction of sp³-hybridized carbons (Fsp3) is 0.889. The molecule has 14 heavy (non-hydrogen) atoms. The minimum absolute atomic E-state index is 0.0232. The minimum Gasteiger partial charge on any atom is -0.389 e. The summed E-state index contributed by atoms with van der Waals surface area (Å²) in [5.74, 6) is 0.0888. The minimum atomic E-state index is -0.440. The zero-order valence-corrected chi connectivity index (χ0v) is 8.69. The van der Waals surface area contributed by atoms with Gasteiger partial charge in [0.1, 0.15) is 0 Å². The number of nitrogens with one attached hydrogen (secondary N) is 1. The van der Waals surface area contributed by atoms with Crippen LogP contribution in [0.4, 0.5) is 0 Å². The van der Waals surface area contributed by atoms with Crippen molar-refractivity contribution in [2.45, 2.75) is 18.6 Å². The number of carbonyl (C=O) groups is 1. The monoisotopic (exact) mass is 202 g/mol. The summed E-state index contributed by atoms with van der Waals surface area (Å²) >= 11 is 0. The normalized spacial score (nSPS) is 26.5. The second-order valence-electron chi connectivity index (χ2n) is 3.70. The Morgan fingerprint density at radius 2 is 2.29 bits per heavy atom. The van der Waals surface area contributed by atoms with E-state index >= 15 is 0 Å². The molecule has 1 rings (SSSR count). The van der Waals surface area contributed by atoms with Crippen LogP contribution in [0.2, 0.25) is 0 Å². The molecule has 1 aliphatic rings. The molecule has 0 spiro atoms. The Bertz CT molecular complexity index is 196. The number of aliphatic hydroxyl groups excluding tert-OH is 1. The molecule has 1 saturated heterocycles. The van der Waals surface area contributed by atoms with Crippen LogP contribution in [0.5, 0.6) is 0 Å². The fourth-order valence-electron chi connectivity index (χ4n) is 1.33. The summed E-state index contributed by atoms with van der Waals surface area (Å²) in [6.07, 6.45) is 0.0143. The van der Waals surface area contributed by atoms with Gasteiger partial charge >= 0.3 is 0 Å². The van der Waals surface area contributed by atoms with E-state index < -0.39 is 6.10 Å². The number of carbonyl (C=O) groups excluding carboxylic acids is 1. The van der Waals surface area contributed by atoms with Crippen molar-refractivity contribution in [1.82, 2.24) is 10.2 Å². The van der Waals surface area contributed by atoms with Gasteiger partial charge in [-0.25, -0.2) is 0 Å². The van der Waals surface area contributed by atoms with E-state index in [2.05, 4.69) is 5.32 Å². The van der Waals surface area contributed by atoms with Crippen molar-refractivity contribution in [1.29, 1.82) is 0 Å². The van der Waals surface area contributed by atoms with E-state index in [9.17, 15) is 9.90 Å². The third-order valence-corrected chi connectivity index (χ3v) is 2.29. The Labute approximate surface area is 84.0 Å². The number of hydrogen-bond donors (Lipinski definition) is 2. The summed E-state index contributed by atoms with van der Waals surface area (Å²) in [5, 5.41) is 12.5. The quantitative estimate of drug-likeness (QED) is 0.602. The van der Waals surface area contributed by atoms with E-state index in [-0.39, 0.29) is 11.9 Å². The van der Waals surface area contributed by atoms with Crippen LogP contribution in [-0.2, 0) is 9.53 Å². The smallest absolute Gasteiger partial charge is 0.223 e. The number of rotatable bonds is 4. The van der Waals surface area contributed by atoms with Crippen molar-refractivity contribution in [2.24, 2.45) is 0 Å². The Morgan fingerprint density at radius 3 is 2.79 bits per heavy atom.